The Labute approximate surface area is 162 Å². The predicted octanol–water partition coefficient (Wildman–Crippen LogP) is 3.35. The summed E-state index contributed by atoms with van der Waals surface area (Å²) < 4.78 is 2.03. The van der Waals surface area contributed by atoms with E-state index in [2.05, 4.69) is 25.8 Å². The summed E-state index contributed by atoms with van der Waals surface area (Å²) >= 11 is 0. The maximum absolute atomic E-state index is 13.2. The van der Waals surface area contributed by atoms with Crippen molar-refractivity contribution in [2.75, 3.05) is 26.2 Å². The van der Waals surface area contributed by atoms with Gasteiger partial charge in [-0.3, -0.25) is 9.59 Å². The number of amides is 2. The van der Waals surface area contributed by atoms with E-state index in [-0.39, 0.29) is 11.8 Å². The maximum Gasteiger partial charge on any atom is 0.289 e. The van der Waals surface area contributed by atoms with Gasteiger partial charge in [-0.05, 0) is 50.9 Å². The standard InChI is InChI=1S/C21H34N4O2/c1-4-11-23(12-5-2)21(27)19-22-18(17-10-6-7-14-25(17)19)20(26)24-13-8-9-16(3)15-24/h16H,4-15H2,1-3H3. The van der Waals surface area contributed by atoms with Crippen LogP contribution in [0.4, 0.5) is 0 Å². The van der Waals surface area contributed by atoms with Crippen molar-refractivity contribution in [3.8, 4) is 0 Å². The first-order valence-electron chi connectivity index (χ1n) is 10.7. The number of fused-ring (bicyclic) bond motifs is 1. The summed E-state index contributed by atoms with van der Waals surface area (Å²) in [6.07, 6.45) is 7.02. The van der Waals surface area contributed by atoms with Crippen molar-refractivity contribution in [1.29, 1.82) is 0 Å². The lowest BCUT2D eigenvalue weighted by molar-refractivity contribution is 0.0676. The first-order valence-corrected chi connectivity index (χ1v) is 10.7. The topological polar surface area (TPSA) is 58.4 Å². The van der Waals surface area contributed by atoms with Gasteiger partial charge in [0.1, 0.15) is 5.69 Å². The Kier molecular flexibility index (Phi) is 6.55. The van der Waals surface area contributed by atoms with Crippen LogP contribution in [0.3, 0.4) is 0 Å². The smallest absolute Gasteiger partial charge is 0.289 e. The van der Waals surface area contributed by atoms with E-state index >= 15 is 0 Å². The second-order valence-corrected chi connectivity index (χ2v) is 8.13. The zero-order chi connectivity index (χ0) is 19.4. The maximum atomic E-state index is 13.2. The first kappa shape index (κ1) is 19.9. The van der Waals surface area contributed by atoms with Gasteiger partial charge in [0, 0.05) is 32.7 Å². The molecule has 1 aromatic heterocycles. The molecule has 0 aromatic carbocycles. The Morgan fingerprint density at radius 2 is 1.85 bits per heavy atom. The summed E-state index contributed by atoms with van der Waals surface area (Å²) in [4.78, 5) is 34.9. The van der Waals surface area contributed by atoms with Crippen LogP contribution in [0.5, 0.6) is 0 Å². The second kappa shape index (κ2) is 8.89. The minimum atomic E-state index is -0.0205. The Morgan fingerprint density at radius 3 is 2.52 bits per heavy atom. The zero-order valence-electron chi connectivity index (χ0n) is 17.2. The fourth-order valence-electron chi connectivity index (χ4n) is 4.40. The molecule has 2 aliphatic heterocycles. The highest BCUT2D eigenvalue weighted by Gasteiger charge is 2.32. The number of imidazole rings is 1. The monoisotopic (exact) mass is 374 g/mol. The molecule has 3 heterocycles. The third-order valence-corrected chi connectivity index (χ3v) is 5.73. The van der Waals surface area contributed by atoms with Crippen LogP contribution in [0.1, 0.15) is 86.1 Å². The van der Waals surface area contributed by atoms with Gasteiger partial charge in [0.15, 0.2) is 5.82 Å². The molecule has 6 nitrogen and oxygen atoms in total. The summed E-state index contributed by atoms with van der Waals surface area (Å²) in [6.45, 7) is 10.2. The molecule has 0 spiro atoms. The molecule has 0 radical (unpaired) electrons. The van der Waals surface area contributed by atoms with Crippen LogP contribution in [0.25, 0.3) is 0 Å². The van der Waals surface area contributed by atoms with Crippen LogP contribution in [0.15, 0.2) is 0 Å². The van der Waals surface area contributed by atoms with Crippen molar-refractivity contribution in [3.05, 3.63) is 17.2 Å². The number of rotatable bonds is 6. The Hall–Kier alpha value is -1.85. The molecule has 27 heavy (non-hydrogen) atoms. The minimum Gasteiger partial charge on any atom is -0.337 e. The van der Waals surface area contributed by atoms with Gasteiger partial charge in [-0.15, -0.1) is 0 Å². The van der Waals surface area contributed by atoms with Gasteiger partial charge < -0.3 is 14.4 Å². The number of carbonyl (C=O) groups excluding carboxylic acids is 2. The quantitative estimate of drug-likeness (QED) is 0.767. The van der Waals surface area contributed by atoms with E-state index in [9.17, 15) is 9.59 Å². The molecule has 2 aliphatic rings. The third-order valence-electron chi connectivity index (χ3n) is 5.73. The van der Waals surface area contributed by atoms with Gasteiger partial charge in [-0.2, -0.15) is 0 Å². The molecule has 2 amide bonds. The fraction of sp³-hybridized carbons (Fsp3) is 0.762. The van der Waals surface area contributed by atoms with Gasteiger partial charge in [-0.1, -0.05) is 20.8 Å². The van der Waals surface area contributed by atoms with Crippen LogP contribution in [0.2, 0.25) is 0 Å². The molecule has 6 heteroatoms. The molecule has 1 saturated heterocycles. The molecular formula is C21H34N4O2. The Balaban J connectivity index is 1.92. The molecule has 1 unspecified atom stereocenters. The number of likely N-dealkylation sites (tertiary alicyclic amines) is 1. The van der Waals surface area contributed by atoms with Crippen molar-refractivity contribution in [2.24, 2.45) is 5.92 Å². The summed E-state index contributed by atoms with van der Waals surface area (Å²) in [6, 6.07) is 0. The highest BCUT2D eigenvalue weighted by atomic mass is 16.2. The minimum absolute atomic E-state index is 0.0174. The van der Waals surface area contributed by atoms with Crippen molar-refractivity contribution in [2.45, 2.75) is 72.3 Å². The van der Waals surface area contributed by atoms with E-state index in [0.717, 1.165) is 76.9 Å². The summed E-state index contributed by atoms with van der Waals surface area (Å²) in [5, 5.41) is 0. The first-order chi connectivity index (χ1) is 13.1. The molecule has 1 aromatic rings. The lowest BCUT2D eigenvalue weighted by atomic mass is 9.99. The Bertz CT molecular complexity index is 635. The number of piperidine rings is 1. The van der Waals surface area contributed by atoms with Crippen LogP contribution < -0.4 is 0 Å². The van der Waals surface area contributed by atoms with E-state index in [1.54, 1.807) is 0 Å². The zero-order valence-corrected chi connectivity index (χ0v) is 17.2. The largest absolute Gasteiger partial charge is 0.337 e. The molecule has 0 saturated carbocycles. The van der Waals surface area contributed by atoms with Crippen LogP contribution in [-0.2, 0) is 13.0 Å². The molecule has 0 N–H and O–H groups in total. The normalized spacial score (nSPS) is 19.7. The predicted molar refractivity (Wildman–Crippen MR) is 106 cm³/mol. The van der Waals surface area contributed by atoms with Crippen molar-refractivity contribution >= 4 is 11.8 Å². The SMILES string of the molecule is CCCN(CCC)C(=O)c1nc(C(=O)N2CCCC(C)C2)c2n1CCCC2. The van der Waals surface area contributed by atoms with E-state index in [1.165, 1.54) is 6.42 Å². The molecule has 150 valence electrons. The lowest BCUT2D eigenvalue weighted by Gasteiger charge is -2.30. The van der Waals surface area contributed by atoms with Gasteiger partial charge in [0.25, 0.3) is 11.8 Å². The number of hydrogen-bond acceptors (Lipinski definition) is 3. The number of aromatic nitrogens is 2. The molecule has 0 bridgehead atoms. The number of nitrogens with zero attached hydrogens (tertiary/aromatic N) is 4. The van der Waals surface area contributed by atoms with Gasteiger partial charge in [-0.25, -0.2) is 4.98 Å². The van der Waals surface area contributed by atoms with E-state index in [0.29, 0.717) is 17.4 Å². The summed E-state index contributed by atoms with van der Waals surface area (Å²) in [5.41, 5.74) is 1.50. The summed E-state index contributed by atoms with van der Waals surface area (Å²) in [7, 11) is 0. The highest BCUT2D eigenvalue weighted by Crippen LogP contribution is 2.25. The third kappa shape index (κ3) is 4.19. The molecule has 3 rings (SSSR count). The van der Waals surface area contributed by atoms with Crippen LogP contribution >= 0.6 is 0 Å². The Morgan fingerprint density at radius 1 is 1.11 bits per heavy atom. The van der Waals surface area contributed by atoms with Gasteiger partial charge in [0.05, 0.1) is 5.69 Å². The molecular weight excluding hydrogens is 340 g/mol. The highest BCUT2D eigenvalue weighted by molar-refractivity contribution is 5.97. The molecule has 1 fully saturated rings. The summed E-state index contributed by atoms with van der Waals surface area (Å²) in [5.74, 6) is 1.00. The van der Waals surface area contributed by atoms with Crippen molar-refractivity contribution < 1.29 is 9.59 Å². The average Bonchev–Trinajstić information content (AvgIpc) is 3.06. The van der Waals surface area contributed by atoms with Crippen molar-refractivity contribution in [3.63, 3.8) is 0 Å². The van der Waals surface area contributed by atoms with Crippen LogP contribution in [0, 0.1) is 5.92 Å². The average molecular weight is 375 g/mol. The van der Waals surface area contributed by atoms with E-state index < -0.39 is 0 Å². The van der Waals surface area contributed by atoms with Crippen molar-refractivity contribution in [1.82, 2.24) is 19.4 Å². The number of hydrogen-bond donors (Lipinski definition) is 0. The molecule has 1 atom stereocenters. The van der Waals surface area contributed by atoms with Gasteiger partial charge in [0.2, 0.25) is 0 Å². The number of carbonyl (C=O) groups is 2. The molecule has 0 aliphatic carbocycles. The fourth-order valence-corrected chi connectivity index (χ4v) is 4.40. The van der Waals surface area contributed by atoms with E-state index in [1.807, 2.05) is 14.4 Å². The van der Waals surface area contributed by atoms with Gasteiger partial charge >= 0.3 is 0 Å². The van der Waals surface area contributed by atoms with E-state index in [4.69, 9.17) is 0 Å². The lowest BCUT2D eigenvalue weighted by Crippen LogP contribution is -2.39. The second-order valence-electron chi connectivity index (χ2n) is 8.13. The van der Waals surface area contributed by atoms with Crippen LogP contribution in [-0.4, -0.2) is 57.3 Å².